The fourth-order valence-electron chi connectivity index (χ4n) is 3.02. The molecule has 0 spiro atoms. The van der Waals surface area contributed by atoms with E-state index in [4.69, 9.17) is 0 Å². The van der Waals surface area contributed by atoms with Crippen molar-refractivity contribution in [3.63, 3.8) is 0 Å². The van der Waals surface area contributed by atoms with Gasteiger partial charge >= 0.3 is 11.4 Å². The van der Waals surface area contributed by atoms with Gasteiger partial charge in [0, 0.05) is 7.05 Å². The Labute approximate surface area is 130 Å². The van der Waals surface area contributed by atoms with Crippen LogP contribution in [0.2, 0.25) is 0 Å². The molecule has 6 nitrogen and oxygen atoms in total. The molecule has 6 heteroatoms. The summed E-state index contributed by atoms with van der Waals surface area (Å²) in [4.78, 5) is 24.5. The molecule has 1 N–H and O–H groups in total. The highest BCUT2D eigenvalue weighted by atomic mass is 16.3. The van der Waals surface area contributed by atoms with Crippen LogP contribution in [0.3, 0.4) is 0 Å². The highest BCUT2D eigenvalue weighted by Gasteiger charge is 2.29. The van der Waals surface area contributed by atoms with E-state index in [9.17, 15) is 14.7 Å². The van der Waals surface area contributed by atoms with Crippen molar-refractivity contribution >= 4 is 0 Å². The fraction of sp³-hybridized carbons (Fsp3) is 0.750. The molecule has 0 bridgehead atoms. The lowest BCUT2D eigenvalue weighted by Gasteiger charge is -2.29. The molecule has 0 aliphatic carbocycles. The van der Waals surface area contributed by atoms with Gasteiger partial charge in [-0.15, -0.1) is 0 Å². The molecule has 2 heterocycles. The zero-order valence-electron chi connectivity index (χ0n) is 14.0. The van der Waals surface area contributed by atoms with Gasteiger partial charge in [0.1, 0.15) is 0 Å². The van der Waals surface area contributed by atoms with E-state index in [0.29, 0.717) is 13.0 Å². The van der Waals surface area contributed by atoms with E-state index < -0.39 is 6.10 Å². The average Bonchev–Trinajstić information content (AvgIpc) is 2.71. The molecule has 22 heavy (non-hydrogen) atoms. The van der Waals surface area contributed by atoms with E-state index in [1.807, 2.05) is 19.9 Å². The SMILES string of the molecule is CCCCCC(O)C1=C[C@@H](C(C)C)n2c(=O)n(C)c(=O)n2C1. The third kappa shape index (κ3) is 2.97. The Kier molecular flexibility index (Phi) is 5.11. The molecule has 0 saturated carbocycles. The summed E-state index contributed by atoms with van der Waals surface area (Å²) in [6.45, 7) is 6.46. The highest BCUT2D eigenvalue weighted by Crippen LogP contribution is 2.26. The van der Waals surface area contributed by atoms with Crippen LogP contribution >= 0.6 is 0 Å². The Bertz CT molecular complexity index is 663. The number of fused-ring (bicyclic) bond motifs is 1. The van der Waals surface area contributed by atoms with Gasteiger partial charge in [-0.2, -0.15) is 0 Å². The molecule has 1 aliphatic heterocycles. The summed E-state index contributed by atoms with van der Waals surface area (Å²) in [5.74, 6) is 0.170. The average molecular weight is 309 g/mol. The lowest BCUT2D eigenvalue weighted by Crippen LogP contribution is -2.38. The Balaban J connectivity index is 2.35. The van der Waals surface area contributed by atoms with Crippen LogP contribution in [0.4, 0.5) is 0 Å². The van der Waals surface area contributed by atoms with Crippen LogP contribution in [0.15, 0.2) is 21.2 Å². The summed E-state index contributed by atoms with van der Waals surface area (Å²) in [5.41, 5.74) is 0.240. The molecule has 0 aromatic carbocycles. The van der Waals surface area contributed by atoms with Gasteiger partial charge in [-0.25, -0.2) is 23.5 Å². The molecule has 1 aromatic rings. The van der Waals surface area contributed by atoms with Crippen LogP contribution in [0.25, 0.3) is 0 Å². The summed E-state index contributed by atoms with van der Waals surface area (Å²) in [6, 6.07) is -0.189. The van der Waals surface area contributed by atoms with Gasteiger partial charge in [-0.05, 0) is 17.9 Å². The lowest BCUT2D eigenvalue weighted by molar-refractivity contribution is 0.178. The molecule has 124 valence electrons. The van der Waals surface area contributed by atoms with Crippen molar-refractivity contribution in [1.29, 1.82) is 0 Å². The first-order valence-corrected chi connectivity index (χ1v) is 8.15. The van der Waals surface area contributed by atoms with Gasteiger partial charge in [0.25, 0.3) is 0 Å². The maximum absolute atomic E-state index is 12.2. The van der Waals surface area contributed by atoms with Crippen molar-refractivity contribution in [2.45, 2.75) is 65.1 Å². The summed E-state index contributed by atoms with van der Waals surface area (Å²) in [5, 5.41) is 10.4. The minimum Gasteiger partial charge on any atom is -0.389 e. The monoisotopic (exact) mass is 309 g/mol. The number of allylic oxidation sites excluding steroid dienone is 1. The van der Waals surface area contributed by atoms with Crippen LogP contribution in [0, 0.1) is 5.92 Å². The van der Waals surface area contributed by atoms with Crippen molar-refractivity contribution in [3.8, 4) is 0 Å². The second kappa shape index (κ2) is 6.69. The molecule has 2 atom stereocenters. The van der Waals surface area contributed by atoms with Crippen molar-refractivity contribution in [2.75, 3.05) is 0 Å². The van der Waals surface area contributed by atoms with Gasteiger partial charge < -0.3 is 5.11 Å². The van der Waals surface area contributed by atoms with Crippen molar-refractivity contribution < 1.29 is 5.11 Å². The van der Waals surface area contributed by atoms with Gasteiger partial charge in [0.05, 0.1) is 18.7 Å². The maximum atomic E-state index is 12.2. The minimum absolute atomic E-state index is 0.170. The van der Waals surface area contributed by atoms with E-state index in [0.717, 1.165) is 29.4 Å². The molecule has 1 aromatic heterocycles. The molecular weight excluding hydrogens is 282 g/mol. The minimum atomic E-state index is -0.538. The molecular formula is C16H27N3O3. The van der Waals surface area contributed by atoms with Crippen LogP contribution < -0.4 is 11.4 Å². The summed E-state index contributed by atoms with van der Waals surface area (Å²) in [6.07, 6.45) is 5.31. The number of unbranched alkanes of at least 4 members (excludes halogenated alkanes) is 2. The number of aromatic nitrogens is 3. The van der Waals surface area contributed by atoms with E-state index in [1.54, 1.807) is 0 Å². The lowest BCUT2D eigenvalue weighted by atomic mass is 9.95. The van der Waals surface area contributed by atoms with E-state index >= 15 is 0 Å². The second-order valence-electron chi connectivity index (χ2n) is 6.51. The Morgan fingerprint density at radius 3 is 2.55 bits per heavy atom. The fourth-order valence-corrected chi connectivity index (χ4v) is 3.02. The largest absolute Gasteiger partial charge is 0.389 e. The Morgan fingerprint density at radius 2 is 1.95 bits per heavy atom. The van der Waals surface area contributed by atoms with Gasteiger partial charge in [-0.3, -0.25) is 0 Å². The third-order valence-corrected chi connectivity index (χ3v) is 4.44. The first-order valence-electron chi connectivity index (χ1n) is 8.15. The predicted octanol–water partition coefficient (Wildman–Crippen LogP) is 1.43. The molecule has 0 fully saturated rings. The maximum Gasteiger partial charge on any atom is 0.347 e. The van der Waals surface area contributed by atoms with E-state index in [-0.39, 0.29) is 23.3 Å². The summed E-state index contributed by atoms with van der Waals surface area (Å²) < 4.78 is 4.12. The number of hydrogen-bond donors (Lipinski definition) is 1. The van der Waals surface area contributed by atoms with Gasteiger partial charge in [0.15, 0.2) is 0 Å². The zero-order valence-corrected chi connectivity index (χ0v) is 14.0. The standard InChI is InChI=1S/C16H27N3O3/c1-5-6-7-8-14(20)12-9-13(11(2)3)19-16(22)17(4)15(21)18(19)10-12/h9,11,13-14,20H,5-8,10H2,1-4H3/t13-,14?/m0/s1. The number of aliphatic hydroxyl groups excluding tert-OH is 1. The topological polar surface area (TPSA) is 69.2 Å². The van der Waals surface area contributed by atoms with Crippen molar-refractivity contribution in [2.24, 2.45) is 13.0 Å². The van der Waals surface area contributed by atoms with Crippen LogP contribution in [-0.2, 0) is 13.6 Å². The predicted molar refractivity (Wildman–Crippen MR) is 86.0 cm³/mol. The third-order valence-electron chi connectivity index (χ3n) is 4.44. The molecule has 0 saturated heterocycles. The molecule has 1 aliphatic rings. The van der Waals surface area contributed by atoms with Gasteiger partial charge in [0.2, 0.25) is 0 Å². The summed E-state index contributed by atoms with van der Waals surface area (Å²) in [7, 11) is 1.50. The van der Waals surface area contributed by atoms with Crippen molar-refractivity contribution in [3.05, 3.63) is 32.6 Å². The number of rotatable bonds is 6. The second-order valence-corrected chi connectivity index (χ2v) is 6.51. The number of hydrogen-bond acceptors (Lipinski definition) is 3. The zero-order chi connectivity index (χ0) is 16.4. The van der Waals surface area contributed by atoms with Crippen LogP contribution in [0.1, 0.15) is 52.5 Å². The van der Waals surface area contributed by atoms with Crippen molar-refractivity contribution in [1.82, 2.24) is 13.9 Å². The van der Waals surface area contributed by atoms with Crippen LogP contribution in [-0.4, -0.2) is 25.1 Å². The smallest absolute Gasteiger partial charge is 0.347 e. The molecule has 0 radical (unpaired) electrons. The molecule has 1 unspecified atom stereocenters. The van der Waals surface area contributed by atoms with Crippen LogP contribution in [0.5, 0.6) is 0 Å². The number of nitrogens with zero attached hydrogens (tertiary/aromatic N) is 3. The quantitative estimate of drug-likeness (QED) is 0.638. The normalized spacial score (nSPS) is 19.2. The number of aliphatic hydroxyl groups is 1. The molecule has 0 amide bonds. The van der Waals surface area contributed by atoms with E-state index in [1.165, 1.54) is 16.4 Å². The first kappa shape index (κ1) is 16.8. The molecule has 2 rings (SSSR count). The Hall–Kier alpha value is -1.56. The summed E-state index contributed by atoms with van der Waals surface area (Å²) >= 11 is 0. The Morgan fingerprint density at radius 1 is 1.27 bits per heavy atom. The van der Waals surface area contributed by atoms with Gasteiger partial charge in [-0.1, -0.05) is 46.1 Å². The highest BCUT2D eigenvalue weighted by molar-refractivity contribution is 5.15. The first-order chi connectivity index (χ1) is 10.4. The van der Waals surface area contributed by atoms with E-state index in [2.05, 4.69) is 6.92 Å².